The van der Waals surface area contributed by atoms with E-state index in [9.17, 15) is 5.26 Å². The van der Waals surface area contributed by atoms with E-state index in [1.54, 1.807) is 6.07 Å². The van der Waals surface area contributed by atoms with Gasteiger partial charge in [-0.1, -0.05) is 146 Å². The molecule has 0 bridgehead atoms. The fraction of sp³-hybridized carbons (Fsp3) is 0. The summed E-state index contributed by atoms with van der Waals surface area (Å²) in [5.41, 5.74) is 9.73. The van der Waals surface area contributed by atoms with Crippen LogP contribution in [0, 0.1) is 11.3 Å². The highest BCUT2D eigenvalue weighted by Crippen LogP contribution is 2.32. The summed E-state index contributed by atoms with van der Waals surface area (Å²) in [4.78, 5) is 24.5. The molecule has 6 heteroatoms. The summed E-state index contributed by atoms with van der Waals surface area (Å²) < 4.78 is 0. The Labute approximate surface area is 290 Å². The van der Waals surface area contributed by atoms with E-state index >= 15 is 0 Å². The summed E-state index contributed by atoms with van der Waals surface area (Å²) in [6.07, 6.45) is 0. The van der Waals surface area contributed by atoms with Crippen molar-refractivity contribution in [1.82, 2.24) is 24.9 Å². The highest BCUT2D eigenvalue weighted by molar-refractivity contribution is 5.76. The average Bonchev–Trinajstić information content (AvgIpc) is 3.21. The van der Waals surface area contributed by atoms with Crippen LogP contribution in [0.4, 0.5) is 0 Å². The van der Waals surface area contributed by atoms with Crippen molar-refractivity contribution in [3.8, 4) is 85.3 Å². The maximum absolute atomic E-state index is 9.50. The second-order valence-corrected chi connectivity index (χ2v) is 11.7. The quantitative estimate of drug-likeness (QED) is 0.172. The minimum absolute atomic E-state index is 0.584. The standard InChI is InChI=1S/C44H28N6/c45-29-30-12-10-20-37(26-30)40-28-39(46-41(47-40)33-13-4-1-5-14-33)32-24-22-31(23-25-32)36-19-11-21-38(27-36)44-49-42(34-15-6-2-7-16-34)48-43(50-44)35-17-8-3-9-18-35/h1-28H. The van der Waals surface area contributed by atoms with Gasteiger partial charge in [0.25, 0.3) is 0 Å². The number of benzene rings is 6. The molecule has 0 saturated carbocycles. The summed E-state index contributed by atoms with van der Waals surface area (Å²) in [7, 11) is 0. The van der Waals surface area contributed by atoms with Crippen LogP contribution in [0.5, 0.6) is 0 Å². The Morgan fingerprint density at radius 2 is 0.720 bits per heavy atom. The van der Waals surface area contributed by atoms with Crippen LogP contribution in [-0.2, 0) is 0 Å². The normalized spacial score (nSPS) is 10.8. The van der Waals surface area contributed by atoms with Gasteiger partial charge in [0.05, 0.1) is 23.0 Å². The van der Waals surface area contributed by atoms with Gasteiger partial charge in [-0.05, 0) is 35.4 Å². The van der Waals surface area contributed by atoms with Crippen molar-refractivity contribution in [2.24, 2.45) is 0 Å². The fourth-order valence-electron chi connectivity index (χ4n) is 5.82. The van der Waals surface area contributed by atoms with E-state index in [1.165, 1.54) is 0 Å². The molecule has 6 aromatic carbocycles. The molecule has 0 saturated heterocycles. The zero-order chi connectivity index (χ0) is 33.7. The van der Waals surface area contributed by atoms with Crippen molar-refractivity contribution < 1.29 is 0 Å². The first-order chi connectivity index (χ1) is 24.7. The van der Waals surface area contributed by atoms with Crippen LogP contribution in [0.2, 0.25) is 0 Å². The highest BCUT2D eigenvalue weighted by Gasteiger charge is 2.14. The van der Waals surface area contributed by atoms with Crippen molar-refractivity contribution >= 4 is 0 Å². The van der Waals surface area contributed by atoms with E-state index in [1.807, 2.05) is 127 Å². The molecule has 0 radical (unpaired) electrons. The van der Waals surface area contributed by atoms with Crippen LogP contribution in [0.15, 0.2) is 170 Å². The molecule has 0 unspecified atom stereocenters. The van der Waals surface area contributed by atoms with Gasteiger partial charge in [-0.3, -0.25) is 0 Å². The second kappa shape index (κ2) is 13.6. The molecule has 0 aliphatic rings. The lowest BCUT2D eigenvalue weighted by Gasteiger charge is -2.11. The first-order valence-electron chi connectivity index (χ1n) is 16.2. The Bertz CT molecular complexity index is 2420. The smallest absolute Gasteiger partial charge is 0.164 e. The molecular formula is C44H28N6. The minimum Gasteiger partial charge on any atom is -0.228 e. The third-order valence-electron chi connectivity index (χ3n) is 8.38. The molecule has 0 atom stereocenters. The van der Waals surface area contributed by atoms with Gasteiger partial charge in [-0.25, -0.2) is 24.9 Å². The molecule has 0 amide bonds. The van der Waals surface area contributed by atoms with Crippen LogP contribution in [0.1, 0.15) is 5.56 Å². The molecule has 0 aliphatic carbocycles. The Hall–Kier alpha value is -7.10. The third-order valence-corrected chi connectivity index (χ3v) is 8.38. The molecule has 0 spiro atoms. The van der Waals surface area contributed by atoms with Crippen LogP contribution in [0.3, 0.4) is 0 Å². The van der Waals surface area contributed by atoms with E-state index in [2.05, 4.69) is 42.5 Å². The maximum atomic E-state index is 9.50. The van der Waals surface area contributed by atoms with Gasteiger partial charge < -0.3 is 0 Å². The predicted octanol–water partition coefficient (Wildman–Crippen LogP) is 10.2. The molecule has 8 aromatic rings. The number of hydrogen-bond donors (Lipinski definition) is 0. The first kappa shape index (κ1) is 30.2. The molecule has 6 nitrogen and oxygen atoms in total. The largest absolute Gasteiger partial charge is 0.228 e. The van der Waals surface area contributed by atoms with E-state index < -0.39 is 0 Å². The maximum Gasteiger partial charge on any atom is 0.164 e. The summed E-state index contributed by atoms with van der Waals surface area (Å²) in [6.45, 7) is 0. The predicted molar refractivity (Wildman–Crippen MR) is 198 cm³/mol. The molecule has 8 rings (SSSR count). The Kier molecular flexibility index (Phi) is 8.20. The first-order valence-corrected chi connectivity index (χ1v) is 16.2. The zero-order valence-electron chi connectivity index (χ0n) is 26.8. The Morgan fingerprint density at radius 3 is 1.28 bits per heavy atom. The number of hydrogen-bond acceptors (Lipinski definition) is 6. The van der Waals surface area contributed by atoms with Gasteiger partial charge in [0, 0.05) is 33.4 Å². The van der Waals surface area contributed by atoms with Crippen molar-refractivity contribution in [1.29, 1.82) is 5.26 Å². The molecule has 2 aromatic heterocycles. The Morgan fingerprint density at radius 1 is 0.300 bits per heavy atom. The monoisotopic (exact) mass is 640 g/mol. The van der Waals surface area contributed by atoms with Gasteiger partial charge in [-0.15, -0.1) is 0 Å². The lowest BCUT2D eigenvalue weighted by Crippen LogP contribution is -2.00. The second-order valence-electron chi connectivity index (χ2n) is 11.7. The summed E-state index contributed by atoms with van der Waals surface area (Å²) in [5.74, 6) is 2.49. The SMILES string of the molecule is N#Cc1cccc(-c2cc(-c3ccc(-c4cccc(-c5nc(-c6ccccc6)nc(-c6ccccc6)n5)c4)cc3)nc(-c3ccccc3)n2)c1. The van der Waals surface area contributed by atoms with Crippen LogP contribution >= 0.6 is 0 Å². The highest BCUT2D eigenvalue weighted by atomic mass is 15.0. The molecule has 50 heavy (non-hydrogen) atoms. The van der Waals surface area contributed by atoms with E-state index in [0.717, 1.165) is 55.9 Å². The lowest BCUT2D eigenvalue weighted by atomic mass is 9.99. The molecule has 0 N–H and O–H groups in total. The number of nitrogens with zero attached hydrogens (tertiary/aromatic N) is 6. The molecular weight excluding hydrogens is 613 g/mol. The van der Waals surface area contributed by atoms with Crippen LogP contribution < -0.4 is 0 Å². The van der Waals surface area contributed by atoms with Crippen LogP contribution in [0.25, 0.3) is 79.2 Å². The molecule has 0 fully saturated rings. The lowest BCUT2D eigenvalue weighted by molar-refractivity contribution is 1.07. The topological polar surface area (TPSA) is 88.2 Å². The van der Waals surface area contributed by atoms with Crippen molar-refractivity contribution in [3.63, 3.8) is 0 Å². The van der Waals surface area contributed by atoms with Crippen LogP contribution in [-0.4, -0.2) is 24.9 Å². The summed E-state index contributed by atoms with van der Waals surface area (Å²) in [5, 5.41) is 9.50. The molecule has 2 heterocycles. The van der Waals surface area contributed by atoms with E-state index in [4.69, 9.17) is 24.9 Å². The van der Waals surface area contributed by atoms with Gasteiger partial charge in [-0.2, -0.15) is 5.26 Å². The third kappa shape index (κ3) is 6.40. The molecule has 234 valence electrons. The number of rotatable bonds is 7. The van der Waals surface area contributed by atoms with Crippen molar-refractivity contribution in [2.45, 2.75) is 0 Å². The van der Waals surface area contributed by atoms with Gasteiger partial charge in [0.2, 0.25) is 0 Å². The van der Waals surface area contributed by atoms with Crippen molar-refractivity contribution in [2.75, 3.05) is 0 Å². The van der Waals surface area contributed by atoms with Gasteiger partial charge in [0.15, 0.2) is 23.3 Å². The summed E-state index contributed by atoms with van der Waals surface area (Å²) in [6, 6.07) is 58.3. The van der Waals surface area contributed by atoms with E-state index in [0.29, 0.717) is 28.9 Å². The molecule has 0 aliphatic heterocycles. The Balaban J connectivity index is 1.16. The van der Waals surface area contributed by atoms with Gasteiger partial charge >= 0.3 is 0 Å². The number of nitriles is 1. The summed E-state index contributed by atoms with van der Waals surface area (Å²) >= 11 is 0. The zero-order valence-corrected chi connectivity index (χ0v) is 26.8. The van der Waals surface area contributed by atoms with Crippen molar-refractivity contribution in [3.05, 3.63) is 175 Å². The number of aromatic nitrogens is 5. The van der Waals surface area contributed by atoms with E-state index in [-0.39, 0.29) is 0 Å². The average molecular weight is 641 g/mol. The fourth-order valence-corrected chi connectivity index (χ4v) is 5.82. The van der Waals surface area contributed by atoms with Gasteiger partial charge in [0.1, 0.15) is 0 Å². The minimum atomic E-state index is 0.584.